The number of hydrogen-bond acceptors (Lipinski definition) is 5. The molecule has 0 amide bonds. The van der Waals surface area contributed by atoms with E-state index in [0.29, 0.717) is 56.7 Å². The molecule has 1 saturated carbocycles. The molecule has 6 nitrogen and oxygen atoms in total. The molecular formula is C28H28ClFN6. The molecule has 8 heteroatoms. The van der Waals surface area contributed by atoms with Gasteiger partial charge in [0.2, 0.25) is 0 Å². The Hall–Kier alpha value is -3.63. The van der Waals surface area contributed by atoms with Crippen LogP contribution < -0.4 is 10.6 Å². The fourth-order valence-electron chi connectivity index (χ4n) is 4.04. The highest BCUT2D eigenvalue weighted by molar-refractivity contribution is 6.35. The average molecular weight is 504 g/mol. The molecule has 5 rings (SSSR count). The van der Waals surface area contributed by atoms with Crippen molar-refractivity contribution in [2.45, 2.75) is 45.7 Å². The van der Waals surface area contributed by atoms with Crippen LogP contribution in [-0.4, -0.2) is 21.1 Å². The van der Waals surface area contributed by atoms with Crippen molar-refractivity contribution in [2.24, 2.45) is 5.41 Å². The number of anilines is 2. The molecule has 0 bridgehead atoms. The molecule has 2 N–H and O–H groups in total. The van der Waals surface area contributed by atoms with Gasteiger partial charge in [-0.05, 0) is 48.1 Å². The van der Waals surface area contributed by atoms with Crippen molar-refractivity contribution in [1.29, 1.82) is 5.26 Å². The molecule has 2 aromatic carbocycles. The van der Waals surface area contributed by atoms with Crippen LogP contribution in [-0.2, 0) is 0 Å². The summed E-state index contributed by atoms with van der Waals surface area (Å²) < 4.78 is 25.3. The van der Waals surface area contributed by atoms with Gasteiger partial charge in [-0.2, -0.15) is 5.26 Å². The second-order valence-electron chi connectivity index (χ2n) is 10.4. The van der Waals surface area contributed by atoms with Crippen molar-refractivity contribution < 1.29 is 5.76 Å². The highest BCUT2D eigenvalue weighted by atomic mass is 35.5. The molecule has 1 aliphatic rings. The Bertz CT molecular complexity index is 1500. The van der Waals surface area contributed by atoms with Crippen molar-refractivity contribution >= 4 is 33.9 Å². The van der Waals surface area contributed by atoms with Gasteiger partial charge in [0.25, 0.3) is 0 Å². The molecule has 1 atom stereocenters. The van der Waals surface area contributed by atoms with Crippen LogP contribution in [0.3, 0.4) is 0 Å². The zero-order valence-electron chi connectivity index (χ0n) is 21.4. The number of fused-ring (bicyclic) bond motifs is 1. The van der Waals surface area contributed by atoms with E-state index < -0.39 is 6.02 Å². The van der Waals surface area contributed by atoms with E-state index in [1.807, 2.05) is 16.8 Å². The van der Waals surface area contributed by atoms with Gasteiger partial charge in [0, 0.05) is 36.1 Å². The van der Waals surface area contributed by atoms with Gasteiger partial charge in [-0.1, -0.05) is 44.5 Å². The quantitative estimate of drug-likeness (QED) is 0.281. The van der Waals surface area contributed by atoms with Gasteiger partial charge in [-0.15, -0.1) is 0 Å². The van der Waals surface area contributed by atoms with Crippen LogP contribution in [0.2, 0.25) is 5.02 Å². The highest BCUT2D eigenvalue weighted by Crippen LogP contribution is 2.38. The lowest BCUT2D eigenvalue weighted by molar-refractivity contribution is 0.443. The summed E-state index contributed by atoms with van der Waals surface area (Å²) in [4.78, 5) is 8.97. The first-order valence-electron chi connectivity index (χ1n) is 12.4. The van der Waals surface area contributed by atoms with E-state index in [-0.39, 0.29) is 11.2 Å². The predicted octanol–water partition coefficient (Wildman–Crippen LogP) is 7.09. The number of halogens is 2. The van der Waals surface area contributed by atoms with E-state index >= 15 is 0 Å². The van der Waals surface area contributed by atoms with Gasteiger partial charge in [0.1, 0.15) is 11.9 Å². The Kier molecular flexibility index (Phi) is 5.98. The van der Waals surface area contributed by atoms with Gasteiger partial charge in [-0.3, -0.25) is 4.98 Å². The normalized spacial score (nSPS) is 15.7. The van der Waals surface area contributed by atoms with Crippen LogP contribution in [0, 0.1) is 22.6 Å². The Morgan fingerprint density at radius 2 is 2.00 bits per heavy atom. The topological polar surface area (TPSA) is 78.6 Å². The van der Waals surface area contributed by atoms with E-state index in [4.69, 9.17) is 11.6 Å². The second kappa shape index (κ2) is 9.44. The Labute approximate surface area is 216 Å². The molecule has 0 spiro atoms. The van der Waals surface area contributed by atoms with Gasteiger partial charge in [0.15, 0.2) is 0 Å². The van der Waals surface area contributed by atoms with Crippen LogP contribution >= 0.6 is 11.6 Å². The number of aromatic nitrogens is 3. The summed E-state index contributed by atoms with van der Waals surface area (Å²) in [6, 6.07) is 10.5. The first-order valence-corrected chi connectivity index (χ1v) is 12.3. The molecule has 2 aromatic heterocycles. The SMILES string of the molecule is [2H]C(Nc1cc(Cl)c2ncc(C#N)c(NCC(C)(C)C)c2c1)(c1ccc(F)cc1)c1cn(C2CC2)cn1. The lowest BCUT2D eigenvalue weighted by atomic mass is 9.96. The number of rotatable bonds is 7. The minimum atomic E-state index is -1.52. The minimum absolute atomic E-state index is 0.0265. The number of nitrogens with one attached hydrogen (secondary N) is 2. The van der Waals surface area contributed by atoms with E-state index in [2.05, 4.69) is 47.4 Å². The van der Waals surface area contributed by atoms with Gasteiger partial charge < -0.3 is 15.2 Å². The molecule has 1 aliphatic carbocycles. The minimum Gasteiger partial charge on any atom is -0.383 e. The number of hydrogen-bond donors (Lipinski definition) is 2. The molecular weight excluding hydrogens is 475 g/mol. The third-order valence-electron chi connectivity index (χ3n) is 6.07. The number of pyridine rings is 1. The smallest absolute Gasteiger partial charge is 0.123 e. The zero-order valence-corrected chi connectivity index (χ0v) is 21.2. The number of benzene rings is 2. The van der Waals surface area contributed by atoms with Gasteiger partial charge in [0.05, 0.1) is 41.2 Å². The molecule has 184 valence electrons. The van der Waals surface area contributed by atoms with Crippen LogP contribution in [0.1, 0.15) is 63.9 Å². The van der Waals surface area contributed by atoms with Crippen molar-refractivity contribution in [3.05, 3.63) is 82.8 Å². The average Bonchev–Trinajstić information content (AvgIpc) is 3.58. The molecule has 0 saturated heterocycles. The van der Waals surface area contributed by atoms with Gasteiger partial charge >= 0.3 is 0 Å². The lowest BCUT2D eigenvalue weighted by Gasteiger charge is -2.22. The largest absolute Gasteiger partial charge is 0.383 e. The van der Waals surface area contributed by atoms with Crippen LogP contribution in [0.25, 0.3) is 10.9 Å². The molecule has 0 aliphatic heterocycles. The Morgan fingerprint density at radius 1 is 1.25 bits per heavy atom. The maximum absolute atomic E-state index is 13.8. The first kappa shape index (κ1) is 22.8. The zero-order chi connectivity index (χ0) is 26.4. The summed E-state index contributed by atoms with van der Waals surface area (Å²) in [5, 5.41) is 17.5. The summed E-state index contributed by atoms with van der Waals surface area (Å²) in [6.07, 6.45) is 7.30. The van der Waals surface area contributed by atoms with Crippen molar-refractivity contribution in [3.63, 3.8) is 0 Å². The number of nitrogens with zero attached hydrogens (tertiary/aromatic N) is 4. The van der Waals surface area contributed by atoms with Crippen LogP contribution in [0.4, 0.5) is 15.8 Å². The molecule has 1 unspecified atom stereocenters. The maximum atomic E-state index is 13.8. The van der Waals surface area contributed by atoms with Crippen molar-refractivity contribution in [1.82, 2.24) is 14.5 Å². The van der Waals surface area contributed by atoms with Crippen molar-refractivity contribution in [2.75, 3.05) is 17.2 Å². The predicted molar refractivity (Wildman–Crippen MR) is 142 cm³/mol. The monoisotopic (exact) mass is 503 g/mol. The fraction of sp³-hybridized carbons (Fsp3) is 0.321. The molecule has 0 radical (unpaired) electrons. The third-order valence-corrected chi connectivity index (χ3v) is 6.36. The Morgan fingerprint density at radius 3 is 2.67 bits per heavy atom. The second-order valence-corrected chi connectivity index (χ2v) is 10.8. The van der Waals surface area contributed by atoms with Crippen molar-refractivity contribution in [3.8, 4) is 6.07 Å². The van der Waals surface area contributed by atoms with E-state index in [1.54, 1.807) is 24.5 Å². The highest BCUT2D eigenvalue weighted by Gasteiger charge is 2.26. The summed E-state index contributed by atoms with van der Waals surface area (Å²) in [5.74, 6) is -0.381. The lowest BCUT2D eigenvalue weighted by Crippen LogP contribution is -2.20. The summed E-state index contributed by atoms with van der Waals surface area (Å²) in [5.41, 5.74) is 3.14. The molecule has 2 heterocycles. The van der Waals surface area contributed by atoms with Gasteiger partial charge in [-0.25, -0.2) is 9.37 Å². The van der Waals surface area contributed by atoms with E-state index in [0.717, 1.165) is 12.8 Å². The fourth-order valence-corrected chi connectivity index (χ4v) is 4.31. The summed E-state index contributed by atoms with van der Waals surface area (Å²) >= 11 is 6.67. The third kappa shape index (κ3) is 5.14. The molecule has 1 fully saturated rings. The molecule has 4 aromatic rings. The van der Waals surface area contributed by atoms with E-state index in [9.17, 15) is 11.0 Å². The summed E-state index contributed by atoms with van der Waals surface area (Å²) in [7, 11) is 0. The number of imidazole rings is 1. The van der Waals surface area contributed by atoms with Crippen LogP contribution in [0.15, 0.2) is 55.1 Å². The van der Waals surface area contributed by atoms with E-state index in [1.165, 1.54) is 18.3 Å². The number of nitriles is 1. The first-order chi connectivity index (χ1) is 17.6. The Balaban J connectivity index is 1.62. The maximum Gasteiger partial charge on any atom is 0.123 e. The summed E-state index contributed by atoms with van der Waals surface area (Å²) in [6.45, 7) is 6.94. The van der Waals surface area contributed by atoms with Crippen LogP contribution in [0.5, 0.6) is 0 Å². The standard InChI is InChI=1S/C28H28ClFN6/c1-28(2,3)15-33-25-18(12-31)13-32-27-22(25)10-20(11-23(27)29)35-26(17-4-6-19(30)7-5-17)24-14-36(16-34-24)21-8-9-21/h4-7,10-11,13-14,16,21,26,35H,8-9,15H2,1-3H3,(H,32,33)/i26D. The molecule has 36 heavy (non-hydrogen) atoms.